The molecule has 0 saturated heterocycles. The van der Waals surface area contributed by atoms with Crippen LogP contribution in [-0.2, 0) is 4.79 Å². The van der Waals surface area contributed by atoms with Crippen molar-refractivity contribution in [1.82, 2.24) is 0 Å². The molecule has 1 amide bonds. The van der Waals surface area contributed by atoms with Crippen molar-refractivity contribution >= 4 is 35.0 Å². The van der Waals surface area contributed by atoms with E-state index in [1.165, 1.54) is 17.1 Å². The van der Waals surface area contributed by atoms with E-state index >= 15 is 0 Å². The largest absolute Gasteiger partial charge is 0.478 e. The number of hydrogen-bond donors (Lipinski definition) is 1. The second-order valence-corrected chi connectivity index (χ2v) is 6.20. The number of hydrazone groups is 1. The van der Waals surface area contributed by atoms with Gasteiger partial charge in [0.15, 0.2) is 0 Å². The lowest BCUT2D eigenvalue weighted by atomic mass is 10.1. The van der Waals surface area contributed by atoms with Gasteiger partial charge in [-0.25, -0.2) is 4.79 Å². The zero-order valence-electron chi connectivity index (χ0n) is 14.8. The Labute approximate surface area is 151 Å². The topological polar surface area (TPSA) is 73.2 Å². The molecule has 0 aliphatic carbocycles. The van der Waals surface area contributed by atoms with Gasteiger partial charge < -0.3 is 10.0 Å². The molecule has 132 valence electrons. The average Bonchev–Trinajstić information content (AvgIpc) is 2.90. The van der Waals surface area contributed by atoms with E-state index in [4.69, 9.17) is 5.11 Å². The molecule has 0 radical (unpaired) electrons. The molecule has 2 aromatic rings. The predicted molar refractivity (Wildman–Crippen MR) is 103 cm³/mol. The van der Waals surface area contributed by atoms with Crippen LogP contribution in [0.3, 0.4) is 0 Å². The average molecular weight is 349 g/mol. The molecule has 1 aliphatic rings. The van der Waals surface area contributed by atoms with Gasteiger partial charge in [-0.15, -0.1) is 0 Å². The van der Waals surface area contributed by atoms with Crippen molar-refractivity contribution in [3.05, 3.63) is 65.2 Å². The number of amides is 1. The summed E-state index contributed by atoms with van der Waals surface area (Å²) in [4.78, 5) is 25.7. The molecule has 0 saturated carbocycles. The third kappa shape index (κ3) is 3.35. The standard InChI is InChI=1S/C20H19N3O3/c1-13-18(12-14-4-8-16(9-5-14)22(2)3)19(24)23(21-13)17-10-6-15(7-11-17)20(25)26/h4-12H,1-3H3,(H,25,26)/b18-12-. The summed E-state index contributed by atoms with van der Waals surface area (Å²) < 4.78 is 0. The molecule has 1 N–H and O–H groups in total. The minimum absolute atomic E-state index is 0.165. The second kappa shape index (κ2) is 6.84. The molecule has 0 spiro atoms. The van der Waals surface area contributed by atoms with Crippen molar-refractivity contribution in [2.75, 3.05) is 24.0 Å². The Morgan fingerprint density at radius 1 is 1.08 bits per heavy atom. The summed E-state index contributed by atoms with van der Waals surface area (Å²) in [5, 5.41) is 14.6. The third-order valence-electron chi connectivity index (χ3n) is 4.14. The fourth-order valence-corrected chi connectivity index (χ4v) is 2.64. The van der Waals surface area contributed by atoms with Crippen LogP contribution in [0.25, 0.3) is 6.08 Å². The van der Waals surface area contributed by atoms with Gasteiger partial charge in [-0.3, -0.25) is 4.79 Å². The molecule has 6 heteroatoms. The fourth-order valence-electron chi connectivity index (χ4n) is 2.64. The third-order valence-corrected chi connectivity index (χ3v) is 4.14. The lowest BCUT2D eigenvalue weighted by Gasteiger charge is -2.12. The normalized spacial score (nSPS) is 15.3. The summed E-state index contributed by atoms with van der Waals surface area (Å²) in [7, 11) is 3.94. The van der Waals surface area contributed by atoms with Gasteiger partial charge in [-0.05, 0) is 55.0 Å². The minimum atomic E-state index is -1.01. The summed E-state index contributed by atoms with van der Waals surface area (Å²) >= 11 is 0. The highest BCUT2D eigenvalue weighted by molar-refractivity contribution is 6.32. The number of rotatable bonds is 4. The van der Waals surface area contributed by atoms with Crippen LogP contribution in [-0.4, -0.2) is 36.8 Å². The molecular weight excluding hydrogens is 330 g/mol. The van der Waals surface area contributed by atoms with Crippen molar-refractivity contribution in [2.24, 2.45) is 5.10 Å². The van der Waals surface area contributed by atoms with Gasteiger partial charge in [0, 0.05) is 19.8 Å². The Bertz CT molecular complexity index is 910. The maximum absolute atomic E-state index is 12.7. The van der Waals surface area contributed by atoms with E-state index in [1.807, 2.05) is 49.3 Å². The maximum atomic E-state index is 12.7. The first-order valence-corrected chi connectivity index (χ1v) is 8.09. The molecule has 0 bridgehead atoms. The number of carboxylic acid groups (broad SMARTS) is 1. The van der Waals surface area contributed by atoms with Gasteiger partial charge in [-0.2, -0.15) is 10.1 Å². The summed E-state index contributed by atoms with van der Waals surface area (Å²) in [5.74, 6) is -1.24. The summed E-state index contributed by atoms with van der Waals surface area (Å²) in [6.07, 6.45) is 1.81. The van der Waals surface area contributed by atoms with E-state index in [1.54, 1.807) is 19.1 Å². The number of carbonyl (C=O) groups is 2. The molecule has 6 nitrogen and oxygen atoms in total. The highest BCUT2D eigenvalue weighted by Crippen LogP contribution is 2.25. The molecule has 1 heterocycles. The van der Waals surface area contributed by atoms with Crippen LogP contribution in [0.1, 0.15) is 22.8 Å². The Balaban J connectivity index is 1.86. The number of hydrogen-bond acceptors (Lipinski definition) is 4. The van der Waals surface area contributed by atoms with Crippen LogP contribution < -0.4 is 9.91 Å². The molecule has 0 unspecified atom stereocenters. The molecule has 1 aliphatic heterocycles. The summed E-state index contributed by atoms with van der Waals surface area (Å²) in [5.41, 5.74) is 3.83. The van der Waals surface area contributed by atoms with Gasteiger partial charge in [0.1, 0.15) is 0 Å². The van der Waals surface area contributed by atoms with Gasteiger partial charge in [0.2, 0.25) is 0 Å². The monoisotopic (exact) mass is 349 g/mol. The minimum Gasteiger partial charge on any atom is -0.478 e. The highest BCUT2D eigenvalue weighted by Gasteiger charge is 2.28. The van der Waals surface area contributed by atoms with Crippen LogP contribution in [0.4, 0.5) is 11.4 Å². The molecule has 2 aromatic carbocycles. The number of aromatic carboxylic acids is 1. The Kier molecular flexibility index (Phi) is 4.58. The van der Waals surface area contributed by atoms with Crippen molar-refractivity contribution in [3.63, 3.8) is 0 Å². The SMILES string of the molecule is CC1=NN(c2ccc(C(=O)O)cc2)C(=O)/C1=C\c1ccc(N(C)C)cc1. The molecular formula is C20H19N3O3. The fraction of sp³-hybridized carbons (Fsp3) is 0.150. The summed E-state index contributed by atoms with van der Waals surface area (Å²) in [6.45, 7) is 1.78. The predicted octanol–water partition coefficient (Wildman–Crippen LogP) is 3.26. The molecule has 0 aromatic heterocycles. The molecule has 0 fully saturated rings. The Morgan fingerprint density at radius 3 is 2.23 bits per heavy atom. The molecule has 26 heavy (non-hydrogen) atoms. The van der Waals surface area contributed by atoms with Gasteiger partial charge in [0.05, 0.1) is 22.5 Å². The van der Waals surface area contributed by atoms with Crippen LogP contribution in [0.2, 0.25) is 0 Å². The Morgan fingerprint density at radius 2 is 1.69 bits per heavy atom. The first kappa shape index (κ1) is 17.4. The maximum Gasteiger partial charge on any atom is 0.335 e. The lowest BCUT2D eigenvalue weighted by molar-refractivity contribution is -0.114. The quantitative estimate of drug-likeness (QED) is 0.860. The smallest absolute Gasteiger partial charge is 0.335 e. The van der Waals surface area contributed by atoms with E-state index in [9.17, 15) is 9.59 Å². The van der Waals surface area contributed by atoms with E-state index < -0.39 is 5.97 Å². The van der Waals surface area contributed by atoms with Crippen molar-refractivity contribution in [2.45, 2.75) is 6.92 Å². The zero-order chi connectivity index (χ0) is 18.8. The number of anilines is 2. The zero-order valence-corrected chi connectivity index (χ0v) is 14.8. The van der Waals surface area contributed by atoms with Crippen molar-refractivity contribution < 1.29 is 14.7 Å². The molecule has 3 rings (SSSR count). The number of carboxylic acids is 1. The number of benzene rings is 2. The Hall–Kier alpha value is -3.41. The van der Waals surface area contributed by atoms with Crippen LogP contribution in [0.15, 0.2) is 59.2 Å². The first-order chi connectivity index (χ1) is 12.4. The van der Waals surface area contributed by atoms with E-state index in [0.717, 1.165) is 11.3 Å². The highest BCUT2D eigenvalue weighted by atomic mass is 16.4. The molecule has 0 atom stereocenters. The second-order valence-electron chi connectivity index (χ2n) is 6.20. The van der Waals surface area contributed by atoms with Crippen molar-refractivity contribution in [3.8, 4) is 0 Å². The first-order valence-electron chi connectivity index (χ1n) is 8.09. The van der Waals surface area contributed by atoms with E-state index in [0.29, 0.717) is 17.0 Å². The van der Waals surface area contributed by atoms with Crippen LogP contribution in [0, 0.1) is 0 Å². The van der Waals surface area contributed by atoms with Crippen molar-refractivity contribution in [1.29, 1.82) is 0 Å². The van der Waals surface area contributed by atoms with Gasteiger partial charge in [-0.1, -0.05) is 12.1 Å². The van der Waals surface area contributed by atoms with Gasteiger partial charge in [0.25, 0.3) is 5.91 Å². The van der Waals surface area contributed by atoms with Crippen LogP contribution in [0.5, 0.6) is 0 Å². The van der Waals surface area contributed by atoms with Gasteiger partial charge >= 0.3 is 5.97 Å². The number of nitrogens with zero attached hydrogens (tertiary/aromatic N) is 3. The van der Waals surface area contributed by atoms with E-state index in [2.05, 4.69) is 5.10 Å². The summed E-state index contributed by atoms with van der Waals surface area (Å²) in [6, 6.07) is 13.9. The van der Waals surface area contributed by atoms with E-state index in [-0.39, 0.29) is 11.5 Å². The van der Waals surface area contributed by atoms with Crippen LogP contribution >= 0.6 is 0 Å². The lowest BCUT2D eigenvalue weighted by Crippen LogP contribution is -2.21. The number of carbonyl (C=O) groups excluding carboxylic acids is 1.